The first-order chi connectivity index (χ1) is 10.3. The lowest BCUT2D eigenvalue weighted by Crippen LogP contribution is -1.88. The minimum atomic E-state index is -1.87. The van der Waals surface area contributed by atoms with E-state index in [2.05, 4.69) is 11.4 Å². The molecule has 0 amide bonds. The SMILES string of the molecule is CCCCCCCCCCCCCCCCO[P+](=O)OC. The Kier molecular flexibility index (Phi) is 18.1. The smallest absolute Gasteiger partial charge is 0.122 e. The van der Waals surface area contributed by atoms with Gasteiger partial charge in [-0.25, -0.2) is 0 Å². The fraction of sp³-hybridized carbons (Fsp3) is 1.00. The summed E-state index contributed by atoms with van der Waals surface area (Å²) in [4.78, 5) is 0. The Morgan fingerprint density at radius 1 is 0.667 bits per heavy atom. The minimum Gasteiger partial charge on any atom is -0.122 e. The van der Waals surface area contributed by atoms with Gasteiger partial charge in [0.1, 0.15) is 6.61 Å². The van der Waals surface area contributed by atoms with E-state index in [0.717, 1.165) is 6.42 Å². The van der Waals surface area contributed by atoms with Gasteiger partial charge in [0.25, 0.3) is 0 Å². The summed E-state index contributed by atoms with van der Waals surface area (Å²) in [6.07, 6.45) is 18.8. The second-order valence-corrected chi connectivity index (χ2v) is 6.91. The van der Waals surface area contributed by atoms with E-state index in [1.807, 2.05) is 0 Å². The lowest BCUT2D eigenvalue weighted by Gasteiger charge is -2.02. The maximum atomic E-state index is 10.8. The van der Waals surface area contributed by atoms with Crippen LogP contribution < -0.4 is 0 Å². The monoisotopic (exact) mass is 319 g/mol. The fourth-order valence-corrected chi connectivity index (χ4v) is 2.87. The Morgan fingerprint density at radius 3 is 1.43 bits per heavy atom. The third-order valence-corrected chi connectivity index (χ3v) is 4.54. The highest BCUT2D eigenvalue weighted by atomic mass is 31.1. The van der Waals surface area contributed by atoms with Gasteiger partial charge in [-0.3, -0.25) is 0 Å². The first-order valence-electron chi connectivity index (χ1n) is 8.95. The van der Waals surface area contributed by atoms with Crippen molar-refractivity contribution in [1.82, 2.24) is 0 Å². The maximum absolute atomic E-state index is 10.8. The molecule has 3 nitrogen and oxygen atoms in total. The topological polar surface area (TPSA) is 35.5 Å². The van der Waals surface area contributed by atoms with Gasteiger partial charge in [-0.15, -0.1) is 9.05 Å². The van der Waals surface area contributed by atoms with Gasteiger partial charge in [0.05, 0.1) is 7.11 Å². The average Bonchev–Trinajstić information content (AvgIpc) is 2.50. The molecule has 0 aliphatic heterocycles. The molecule has 0 aromatic carbocycles. The highest BCUT2D eigenvalue weighted by Crippen LogP contribution is 2.22. The van der Waals surface area contributed by atoms with E-state index in [9.17, 15) is 4.57 Å². The molecule has 0 aromatic heterocycles. The zero-order chi connectivity index (χ0) is 15.6. The number of unbranched alkanes of at least 4 members (excludes halogenated alkanes) is 13. The molecule has 0 saturated carbocycles. The molecule has 0 radical (unpaired) electrons. The Morgan fingerprint density at radius 2 is 1.05 bits per heavy atom. The largest absolute Gasteiger partial charge is 0.697 e. The predicted molar refractivity (Wildman–Crippen MR) is 90.9 cm³/mol. The fourth-order valence-electron chi connectivity index (χ4n) is 2.49. The van der Waals surface area contributed by atoms with Crippen molar-refractivity contribution in [3.8, 4) is 0 Å². The molecule has 1 unspecified atom stereocenters. The molecule has 4 heteroatoms. The molecule has 126 valence electrons. The second-order valence-electron chi connectivity index (χ2n) is 5.84. The molecular formula is C17H36O3P+. The van der Waals surface area contributed by atoms with Crippen LogP contribution >= 0.6 is 8.25 Å². The normalized spacial score (nSPS) is 11.8. The molecule has 0 aliphatic carbocycles. The molecule has 0 N–H and O–H groups in total. The lowest BCUT2D eigenvalue weighted by atomic mass is 10.0. The molecule has 0 aromatic rings. The first-order valence-corrected chi connectivity index (χ1v) is 10.0. The maximum Gasteiger partial charge on any atom is 0.697 e. The molecular weight excluding hydrogens is 283 g/mol. The Balaban J connectivity index is 2.98. The van der Waals surface area contributed by atoms with E-state index in [0.29, 0.717) is 6.61 Å². The molecule has 0 spiro atoms. The zero-order valence-electron chi connectivity index (χ0n) is 14.3. The van der Waals surface area contributed by atoms with Crippen LogP contribution in [0.3, 0.4) is 0 Å². The molecule has 0 rings (SSSR count). The van der Waals surface area contributed by atoms with E-state index in [-0.39, 0.29) is 0 Å². The number of hydrogen-bond acceptors (Lipinski definition) is 3. The molecule has 0 heterocycles. The van der Waals surface area contributed by atoms with Crippen molar-refractivity contribution < 1.29 is 13.6 Å². The quantitative estimate of drug-likeness (QED) is 0.219. The Bertz CT molecular complexity index is 222. The van der Waals surface area contributed by atoms with Crippen molar-refractivity contribution >= 4 is 8.25 Å². The van der Waals surface area contributed by atoms with Crippen molar-refractivity contribution in [3.05, 3.63) is 0 Å². The summed E-state index contributed by atoms with van der Waals surface area (Å²) in [6, 6.07) is 0. The summed E-state index contributed by atoms with van der Waals surface area (Å²) in [6.45, 7) is 2.83. The van der Waals surface area contributed by atoms with Gasteiger partial charge in [-0.1, -0.05) is 90.4 Å². The standard InChI is InChI=1S/C17H36O3P/c1-3-4-5-6-7-8-9-10-11-12-13-14-15-16-17-20-21(18)19-2/h3-17H2,1-2H3/q+1. The zero-order valence-corrected chi connectivity index (χ0v) is 15.2. The van der Waals surface area contributed by atoms with Crippen LogP contribution in [0.2, 0.25) is 0 Å². The van der Waals surface area contributed by atoms with Crippen molar-refractivity contribution in [2.24, 2.45) is 0 Å². The molecule has 0 aliphatic rings. The second kappa shape index (κ2) is 18.1. The van der Waals surface area contributed by atoms with Crippen molar-refractivity contribution in [3.63, 3.8) is 0 Å². The van der Waals surface area contributed by atoms with E-state index >= 15 is 0 Å². The number of rotatable bonds is 17. The van der Waals surface area contributed by atoms with Crippen molar-refractivity contribution in [1.29, 1.82) is 0 Å². The van der Waals surface area contributed by atoms with Crippen LogP contribution in [0.5, 0.6) is 0 Å². The van der Waals surface area contributed by atoms with E-state index in [1.165, 1.54) is 90.6 Å². The summed E-state index contributed by atoms with van der Waals surface area (Å²) in [7, 11) is -0.463. The van der Waals surface area contributed by atoms with Crippen LogP contribution in [0.1, 0.15) is 96.8 Å². The molecule has 0 bridgehead atoms. The third kappa shape index (κ3) is 18.0. The van der Waals surface area contributed by atoms with Crippen molar-refractivity contribution in [2.45, 2.75) is 96.8 Å². The van der Waals surface area contributed by atoms with Crippen LogP contribution in [0.25, 0.3) is 0 Å². The summed E-state index contributed by atoms with van der Waals surface area (Å²) < 4.78 is 20.4. The average molecular weight is 319 g/mol. The first kappa shape index (κ1) is 21.0. The lowest BCUT2D eigenvalue weighted by molar-refractivity contribution is 0.250. The summed E-state index contributed by atoms with van der Waals surface area (Å²) in [5.41, 5.74) is 0. The van der Waals surface area contributed by atoms with Crippen LogP contribution in [0.15, 0.2) is 0 Å². The molecule has 0 saturated heterocycles. The van der Waals surface area contributed by atoms with Gasteiger partial charge in [-0.2, -0.15) is 0 Å². The van der Waals surface area contributed by atoms with Crippen LogP contribution in [0, 0.1) is 0 Å². The summed E-state index contributed by atoms with van der Waals surface area (Å²) in [5, 5.41) is 0. The van der Waals surface area contributed by atoms with Gasteiger partial charge < -0.3 is 0 Å². The highest BCUT2D eigenvalue weighted by molar-refractivity contribution is 7.33. The van der Waals surface area contributed by atoms with E-state index in [1.54, 1.807) is 0 Å². The Labute approximate surface area is 133 Å². The minimum absolute atomic E-state index is 0.557. The summed E-state index contributed by atoms with van der Waals surface area (Å²) in [5.74, 6) is 0. The number of hydrogen-bond donors (Lipinski definition) is 0. The third-order valence-electron chi connectivity index (χ3n) is 3.84. The highest BCUT2D eigenvalue weighted by Gasteiger charge is 2.15. The van der Waals surface area contributed by atoms with Crippen LogP contribution in [0.4, 0.5) is 0 Å². The van der Waals surface area contributed by atoms with Gasteiger partial charge in [-0.05, 0) is 6.42 Å². The summed E-state index contributed by atoms with van der Waals surface area (Å²) >= 11 is 0. The molecule has 21 heavy (non-hydrogen) atoms. The molecule has 1 atom stereocenters. The predicted octanol–water partition coefficient (Wildman–Crippen LogP) is 6.79. The van der Waals surface area contributed by atoms with E-state index in [4.69, 9.17) is 4.52 Å². The van der Waals surface area contributed by atoms with E-state index < -0.39 is 8.25 Å². The van der Waals surface area contributed by atoms with Crippen LogP contribution in [-0.2, 0) is 13.6 Å². The molecule has 0 fully saturated rings. The van der Waals surface area contributed by atoms with Gasteiger partial charge in [0, 0.05) is 4.57 Å². The van der Waals surface area contributed by atoms with Gasteiger partial charge >= 0.3 is 8.25 Å². The van der Waals surface area contributed by atoms with Gasteiger partial charge in [0.2, 0.25) is 0 Å². The van der Waals surface area contributed by atoms with Gasteiger partial charge in [0.15, 0.2) is 0 Å². The Hall–Kier alpha value is 0.0200. The van der Waals surface area contributed by atoms with Crippen LogP contribution in [-0.4, -0.2) is 13.7 Å². The van der Waals surface area contributed by atoms with Crippen molar-refractivity contribution in [2.75, 3.05) is 13.7 Å².